The predicted octanol–water partition coefficient (Wildman–Crippen LogP) is 2.27. The average molecular weight is 396 g/mol. The SMILES string of the molecule is O=C(COC(=O)c1cc(F)cc(F)c1)NCC1(N2CCOCC2)CCCCC1. The van der Waals surface area contributed by atoms with Crippen molar-refractivity contribution in [2.24, 2.45) is 0 Å². The Morgan fingerprint density at radius 3 is 2.36 bits per heavy atom. The lowest BCUT2D eigenvalue weighted by atomic mass is 9.79. The number of nitrogens with zero attached hydrogens (tertiary/aromatic N) is 1. The summed E-state index contributed by atoms with van der Waals surface area (Å²) in [6, 6.07) is 2.41. The van der Waals surface area contributed by atoms with E-state index in [0.29, 0.717) is 25.8 Å². The lowest BCUT2D eigenvalue weighted by Gasteiger charge is -2.48. The van der Waals surface area contributed by atoms with Gasteiger partial charge in [0.05, 0.1) is 18.8 Å². The molecule has 8 heteroatoms. The molecule has 1 aliphatic carbocycles. The van der Waals surface area contributed by atoms with Gasteiger partial charge in [0.15, 0.2) is 6.61 Å². The van der Waals surface area contributed by atoms with Crippen LogP contribution in [0.1, 0.15) is 42.5 Å². The van der Waals surface area contributed by atoms with Crippen molar-refractivity contribution in [3.63, 3.8) is 0 Å². The predicted molar refractivity (Wildman–Crippen MR) is 97.9 cm³/mol. The summed E-state index contributed by atoms with van der Waals surface area (Å²) >= 11 is 0. The molecular weight excluding hydrogens is 370 g/mol. The Bertz CT molecular complexity index is 681. The number of hydrogen-bond acceptors (Lipinski definition) is 5. The smallest absolute Gasteiger partial charge is 0.338 e. The van der Waals surface area contributed by atoms with Crippen molar-refractivity contribution in [2.75, 3.05) is 39.5 Å². The van der Waals surface area contributed by atoms with Gasteiger partial charge >= 0.3 is 5.97 Å². The average Bonchev–Trinajstić information content (AvgIpc) is 2.71. The Labute approximate surface area is 163 Å². The summed E-state index contributed by atoms with van der Waals surface area (Å²) in [5.74, 6) is -3.11. The molecule has 1 saturated heterocycles. The number of ether oxygens (including phenoxy) is 2. The van der Waals surface area contributed by atoms with Crippen molar-refractivity contribution in [3.05, 3.63) is 35.4 Å². The Kier molecular flexibility index (Phi) is 6.96. The number of benzene rings is 1. The standard InChI is InChI=1S/C20H26F2N2O4/c21-16-10-15(11-17(22)12-16)19(26)28-13-18(25)23-14-20(4-2-1-3-5-20)24-6-8-27-9-7-24/h10-12H,1-9,13-14H2,(H,23,25). The van der Waals surface area contributed by atoms with Gasteiger partial charge in [-0.3, -0.25) is 9.69 Å². The van der Waals surface area contributed by atoms with Gasteiger partial charge in [-0.1, -0.05) is 19.3 Å². The second-order valence-corrected chi connectivity index (χ2v) is 7.40. The molecule has 28 heavy (non-hydrogen) atoms. The largest absolute Gasteiger partial charge is 0.452 e. The summed E-state index contributed by atoms with van der Waals surface area (Å²) < 4.78 is 36.7. The Morgan fingerprint density at radius 2 is 1.71 bits per heavy atom. The normalized spacial score (nSPS) is 19.8. The number of carbonyl (C=O) groups excluding carboxylic acids is 2. The fraction of sp³-hybridized carbons (Fsp3) is 0.600. The summed E-state index contributed by atoms with van der Waals surface area (Å²) in [6.45, 7) is 3.06. The number of morpholine rings is 1. The molecule has 1 aromatic carbocycles. The van der Waals surface area contributed by atoms with Gasteiger partial charge in [0.1, 0.15) is 11.6 Å². The number of nitrogens with one attached hydrogen (secondary N) is 1. The number of rotatable bonds is 6. The lowest BCUT2D eigenvalue weighted by Crippen LogP contribution is -2.59. The Morgan fingerprint density at radius 1 is 1.07 bits per heavy atom. The van der Waals surface area contributed by atoms with Gasteiger partial charge in [0.2, 0.25) is 0 Å². The first-order valence-corrected chi connectivity index (χ1v) is 9.71. The zero-order chi connectivity index (χ0) is 20.0. The van der Waals surface area contributed by atoms with Crippen LogP contribution in [0.3, 0.4) is 0 Å². The number of carbonyl (C=O) groups is 2. The number of halogens is 2. The minimum absolute atomic E-state index is 0.0899. The molecule has 0 unspecified atom stereocenters. The maximum atomic E-state index is 13.2. The third-order valence-corrected chi connectivity index (χ3v) is 5.51. The van der Waals surface area contributed by atoms with Crippen LogP contribution >= 0.6 is 0 Å². The minimum Gasteiger partial charge on any atom is -0.452 e. The van der Waals surface area contributed by atoms with E-state index in [0.717, 1.165) is 50.9 Å². The second-order valence-electron chi connectivity index (χ2n) is 7.40. The molecule has 1 N–H and O–H groups in total. The van der Waals surface area contributed by atoms with Crippen LogP contribution in [-0.2, 0) is 14.3 Å². The van der Waals surface area contributed by atoms with Crippen molar-refractivity contribution >= 4 is 11.9 Å². The van der Waals surface area contributed by atoms with Crippen molar-refractivity contribution in [2.45, 2.75) is 37.6 Å². The Balaban J connectivity index is 1.52. The topological polar surface area (TPSA) is 67.9 Å². The summed E-state index contributed by atoms with van der Waals surface area (Å²) in [4.78, 5) is 26.5. The molecule has 1 saturated carbocycles. The van der Waals surface area contributed by atoms with Crippen molar-refractivity contribution in [1.82, 2.24) is 10.2 Å². The van der Waals surface area contributed by atoms with Crippen LogP contribution < -0.4 is 5.32 Å². The van der Waals surface area contributed by atoms with Crippen molar-refractivity contribution < 1.29 is 27.8 Å². The molecule has 3 rings (SSSR count). The van der Waals surface area contributed by atoms with Crippen LogP contribution in [0.2, 0.25) is 0 Å². The van der Waals surface area contributed by atoms with E-state index in [1.165, 1.54) is 6.42 Å². The summed E-state index contributed by atoms with van der Waals surface area (Å²) in [5, 5.41) is 2.87. The van der Waals surface area contributed by atoms with Crippen LogP contribution in [0.15, 0.2) is 18.2 Å². The molecule has 6 nitrogen and oxygen atoms in total. The van der Waals surface area contributed by atoms with Crippen LogP contribution in [0.4, 0.5) is 8.78 Å². The molecule has 2 aliphatic rings. The number of esters is 1. The fourth-order valence-electron chi connectivity index (χ4n) is 4.05. The third-order valence-electron chi connectivity index (χ3n) is 5.51. The van der Waals surface area contributed by atoms with E-state index >= 15 is 0 Å². The van der Waals surface area contributed by atoms with Gasteiger partial charge in [-0.15, -0.1) is 0 Å². The number of amides is 1. The monoisotopic (exact) mass is 396 g/mol. The highest BCUT2D eigenvalue weighted by Crippen LogP contribution is 2.33. The third kappa shape index (κ3) is 5.26. The van der Waals surface area contributed by atoms with Crippen molar-refractivity contribution in [1.29, 1.82) is 0 Å². The van der Waals surface area contributed by atoms with Crippen LogP contribution in [0.5, 0.6) is 0 Å². The maximum absolute atomic E-state index is 13.2. The molecule has 0 atom stereocenters. The second kappa shape index (κ2) is 9.43. The van der Waals surface area contributed by atoms with Crippen LogP contribution in [-0.4, -0.2) is 61.8 Å². The molecule has 0 radical (unpaired) electrons. The quantitative estimate of drug-likeness (QED) is 0.748. The molecule has 1 aliphatic heterocycles. The van der Waals surface area contributed by atoms with E-state index in [2.05, 4.69) is 10.2 Å². The zero-order valence-corrected chi connectivity index (χ0v) is 15.8. The van der Waals surface area contributed by atoms with E-state index < -0.39 is 30.1 Å². The van der Waals surface area contributed by atoms with Crippen LogP contribution in [0, 0.1) is 11.6 Å². The lowest BCUT2D eigenvalue weighted by molar-refractivity contribution is -0.125. The molecule has 1 heterocycles. The molecule has 0 bridgehead atoms. The highest BCUT2D eigenvalue weighted by atomic mass is 19.1. The van der Waals surface area contributed by atoms with Gasteiger partial charge in [-0.05, 0) is 25.0 Å². The molecule has 2 fully saturated rings. The van der Waals surface area contributed by atoms with E-state index in [1.54, 1.807) is 0 Å². The van der Waals surface area contributed by atoms with E-state index in [9.17, 15) is 18.4 Å². The summed E-state index contributed by atoms with van der Waals surface area (Å²) in [7, 11) is 0. The summed E-state index contributed by atoms with van der Waals surface area (Å²) in [5.41, 5.74) is -0.352. The van der Waals surface area contributed by atoms with E-state index in [-0.39, 0.29) is 11.1 Å². The van der Waals surface area contributed by atoms with Gasteiger partial charge in [-0.2, -0.15) is 0 Å². The molecule has 154 valence electrons. The molecular formula is C20H26F2N2O4. The highest BCUT2D eigenvalue weighted by Gasteiger charge is 2.38. The van der Waals surface area contributed by atoms with E-state index in [1.807, 2.05) is 0 Å². The Hall–Kier alpha value is -2.06. The van der Waals surface area contributed by atoms with Crippen molar-refractivity contribution in [3.8, 4) is 0 Å². The van der Waals surface area contributed by atoms with Gasteiger partial charge in [-0.25, -0.2) is 13.6 Å². The molecule has 0 aromatic heterocycles. The first kappa shape index (κ1) is 20.7. The minimum atomic E-state index is -0.936. The van der Waals surface area contributed by atoms with E-state index in [4.69, 9.17) is 9.47 Å². The van der Waals surface area contributed by atoms with Gasteiger partial charge in [0.25, 0.3) is 5.91 Å². The first-order valence-electron chi connectivity index (χ1n) is 9.71. The summed E-state index contributed by atoms with van der Waals surface area (Å²) in [6.07, 6.45) is 5.45. The zero-order valence-electron chi connectivity index (χ0n) is 15.8. The highest BCUT2D eigenvalue weighted by molar-refractivity contribution is 5.91. The fourth-order valence-corrected chi connectivity index (χ4v) is 4.05. The molecule has 1 aromatic rings. The maximum Gasteiger partial charge on any atom is 0.338 e. The first-order chi connectivity index (χ1) is 13.5. The number of hydrogen-bond donors (Lipinski definition) is 1. The molecule has 0 spiro atoms. The van der Waals surface area contributed by atoms with Gasteiger partial charge in [0, 0.05) is 31.2 Å². The van der Waals surface area contributed by atoms with Crippen LogP contribution in [0.25, 0.3) is 0 Å². The van der Waals surface area contributed by atoms with Gasteiger partial charge < -0.3 is 14.8 Å². The molecule has 1 amide bonds.